The number of methoxy groups -OCH3 is 2. The molecule has 1 atom stereocenters. The molecule has 5 nitrogen and oxygen atoms in total. The molecular formula is C15H19N3O2. The number of hydrogen-bond acceptors (Lipinski definition) is 4. The Morgan fingerprint density at radius 3 is 2.90 bits per heavy atom. The minimum Gasteiger partial charge on any atom is -0.497 e. The van der Waals surface area contributed by atoms with Gasteiger partial charge in [0, 0.05) is 30.8 Å². The molecule has 2 heterocycles. The predicted molar refractivity (Wildman–Crippen MR) is 77.1 cm³/mol. The Kier molecular flexibility index (Phi) is 3.36. The average molecular weight is 273 g/mol. The van der Waals surface area contributed by atoms with Gasteiger partial charge in [-0.1, -0.05) is 0 Å². The van der Waals surface area contributed by atoms with E-state index >= 15 is 0 Å². The lowest BCUT2D eigenvalue weighted by Crippen LogP contribution is -2.31. The highest BCUT2D eigenvalue weighted by Gasteiger charge is 2.19. The molecule has 0 radical (unpaired) electrons. The quantitative estimate of drug-likeness (QED) is 0.927. The zero-order valence-electron chi connectivity index (χ0n) is 11.8. The fraction of sp³-hybridized carbons (Fsp3) is 0.400. The highest BCUT2D eigenvalue weighted by atomic mass is 16.5. The van der Waals surface area contributed by atoms with Crippen LogP contribution < -0.4 is 15.2 Å². The lowest BCUT2D eigenvalue weighted by atomic mass is 10.1. The van der Waals surface area contributed by atoms with Gasteiger partial charge < -0.3 is 19.8 Å². The van der Waals surface area contributed by atoms with Crippen LogP contribution in [0.1, 0.15) is 12.2 Å². The van der Waals surface area contributed by atoms with Crippen molar-refractivity contribution in [2.24, 2.45) is 5.73 Å². The number of imidazole rings is 1. The minimum absolute atomic E-state index is 0.219. The van der Waals surface area contributed by atoms with Crippen LogP contribution in [-0.2, 0) is 13.0 Å². The molecule has 1 aromatic carbocycles. The number of nitrogens with zero attached hydrogens (tertiary/aromatic N) is 2. The number of fused-ring (bicyclic) bond motifs is 1. The summed E-state index contributed by atoms with van der Waals surface area (Å²) in [6.45, 7) is 0.828. The van der Waals surface area contributed by atoms with Gasteiger partial charge in [-0.05, 0) is 24.6 Å². The second-order valence-corrected chi connectivity index (χ2v) is 5.06. The number of aromatic nitrogens is 2. The summed E-state index contributed by atoms with van der Waals surface area (Å²) in [6.07, 6.45) is 3.96. The van der Waals surface area contributed by atoms with Gasteiger partial charge in [0.05, 0.1) is 19.9 Å². The molecule has 0 bridgehead atoms. The third-order valence-corrected chi connectivity index (χ3v) is 3.71. The SMILES string of the molecule is COc1ccc(OC)c(-c2cn3c(n2)CCC(N)C3)c1. The Morgan fingerprint density at radius 1 is 1.30 bits per heavy atom. The maximum Gasteiger partial charge on any atom is 0.128 e. The van der Waals surface area contributed by atoms with Crippen LogP contribution in [0.5, 0.6) is 11.5 Å². The molecule has 0 saturated heterocycles. The maximum atomic E-state index is 6.01. The van der Waals surface area contributed by atoms with Crippen LogP contribution in [0.25, 0.3) is 11.3 Å². The lowest BCUT2D eigenvalue weighted by Gasteiger charge is -2.19. The zero-order chi connectivity index (χ0) is 14.1. The van der Waals surface area contributed by atoms with Crippen LogP contribution in [0, 0.1) is 0 Å². The van der Waals surface area contributed by atoms with Crippen molar-refractivity contribution in [3.8, 4) is 22.8 Å². The van der Waals surface area contributed by atoms with Crippen LogP contribution in [0.4, 0.5) is 0 Å². The van der Waals surface area contributed by atoms with Crippen molar-refractivity contribution < 1.29 is 9.47 Å². The smallest absolute Gasteiger partial charge is 0.128 e. The van der Waals surface area contributed by atoms with Crippen LogP contribution >= 0.6 is 0 Å². The van der Waals surface area contributed by atoms with E-state index in [4.69, 9.17) is 20.2 Å². The molecule has 2 aromatic rings. The van der Waals surface area contributed by atoms with Crippen molar-refractivity contribution in [2.75, 3.05) is 14.2 Å². The molecule has 0 amide bonds. The lowest BCUT2D eigenvalue weighted by molar-refractivity contribution is 0.404. The highest BCUT2D eigenvalue weighted by molar-refractivity contribution is 5.69. The van der Waals surface area contributed by atoms with Crippen molar-refractivity contribution in [1.29, 1.82) is 0 Å². The van der Waals surface area contributed by atoms with E-state index in [9.17, 15) is 0 Å². The molecule has 3 rings (SSSR count). The molecular weight excluding hydrogens is 254 g/mol. The van der Waals surface area contributed by atoms with Gasteiger partial charge in [0.1, 0.15) is 17.3 Å². The summed E-state index contributed by atoms with van der Waals surface area (Å²) in [6, 6.07) is 5.95. The van der Waals surface area contributed by atoms with Crippen LogP contribution in [0.2, 0.25) is 0 Å². The standard InChI is InChI=1S/C15H19N3O2/c1-19-11-4-5-14(20-2)12(7-11)13-9-18-8-10(16)3-6-15(18)17-13/h4-5,7,9-10H,3,6,8,16H2,1-2H3. The van der Waals surface area contributed by atoms with E-state index in [1.54, 1.807) is 14.2 Å². The summed E-state index contributed by atoms with van der Waals surface area (Å²) in [7, 11) is 3.32. The fourth-order valence-corrected chi connectivity index (χ4v) is 2.61. The number of aryl methyl sites for hydroxylation is 1. The van der Waals surface area contributed by atoms with Gasteiger partial charge in [-0.3, -0.25) is 0 Å². The fourth-order valence-electron chi connectivity index (χ4n) is 2.61. The first kappa shape index (κ1) is 13.0. The summed E-state index contributed by atoms with van der Waals surface area (Å²) in [5, 5.41) is 0. The van der Waals surface area contributed by atoms with Gasteiger partial charge in [0.2, 0.25) is 0 Å². The van der Waals surface area contributed by atoms with Crippen molar-refractivity contribution in [3.63, 3.8) is 0 Å². The van der Waals surface area contributed by atoms with Crippen LogP contribution in [0.15, 0.2) is 24.4 Å². The summed E-state index contributed by atoms with van der Waals surface area (Å²) >= 11 is 0. The molecule has 0 fully saturated rings. The summed E-state index contributed by atoms with van der Waals surface area (Å²) < 4.78 is 12.8. The van der Waals surface area contributed by atoms with Crippen molar-refractivity contribution in [2.45, 2.75) is 25.4 Å². The van der Waals surface area contributed by atoms with E-state index in [2.05, 4.69) is 4.57 Å². The Balaban J connectivity index is 2.04. The maximum absolute atomic E-state index is 6.01. The van der Waals surface area contributed by atoms with Gasteiger partial charge in [0.15, 0.2) is 0 Å². The van der Waals surface area contributed by atoms with E-state index in [0.29, 0.717) is 0 Å². The number of ether oxygens (including phenoxy) is 2. The summed E-state index contributed by atoms with van der Waals surface area (Å²) in [5.74, 6) is 2.68. The molecule has 0 aliphatic carbocycles. The molecule has 0 spiro atoms. The van der Waals surface area contributed by atoms with Crippen molar-refractivity contribution in [1.82, 2.24) is 9.55 Å². The van der Waals surface area contributed by atoms with Gasteiger partial charge in [-0.25, -0.2) is 4.98 Å². The summed E-state index contributed by atoms with van der Waals surface area (Å²) in [4.78, 5) is 4.71. The molecule has 2 N–H and O–H groups in total. The molecule has 1 aromatic heterocycles. The third-order valence-electron chi connectivity index (χ3n) is 3.71. The normalized spacial score (nSPS) is 17.6. The zero-order valence-corrected chi connectivity index (χ0v) is 11.8. The van der Waals surface area contributed by atoms with Crippen molar-refractivity contribution in [3.05, 3.63) is 30.2 Å². The van der Waals surface area contributed by atoms with Crippen molar-refractivity contribution >= 4 is 0 Å². The van der Waals surface area contributed by atoms with Gasteiger partial charge >= 0.3 is 0 Å². The van der Waals surface area contributed by atoms with Gasteiger partial charge in [-0.15, -0.1) is 0 Å². The van der Waals surface area contributed by atoms with E-state index in [0.717, 1.165) is 48.0 Å². The molecule has 106 valence electrons. The van der Waals surface area contributed by atoms with E-state index < -0.39 is 0 Å². The largest absolute Gasteiger partial charge is 0.497 e. The Labute approximate surface area is 118 Å². The number of rotatable bonds is 3. The number of benzene rings is 1. The molecule has 5 heteroatoms. The van der Waals surface area contributed by atoms with Gasteiger partial charge in [-0.2, -0.15) is 0 Å². The monoisotopic (exact) mass is 273 g/mol. The van der Waals surface area contributed by atoms with E-state index in [1.807, 2.05) is 24.4 Å². The average Bonchev–Trinajstić information content (AvgIpc) is 2.89. The molecule has 1 aliphatic heterocycles. The number of nitrogens with two attached hydrogens (primary N) is 1. The topological polar surface area (TPSA) is 62.3 Å². The first-order valence-electron chi connectivity index (χ1n) is 6.75. The van der Waals surface area contributed by atoms with Gasteiger partial charge in [0.25, 0.3) is 0 Å². The molecule has 0 saturated carbocycles. The van der Waals surface area contributed by atoms with E-state index in [1.165, 1.54) is 0 Å². The Morgan fingerprint density at radius 2 is 2.15 bits per heavy atom. The first-order chi connectivity index (χ1) is 9.71. The Hall–Kier alpha value is -2.01. The second kappa shape index (κ2) is 5.17. The molecule has 20 heavy (non-hydrogen) atoms. The van der Waals surface area contributed by atoms with Crippen LogP contribution in [0.3, 0.4) is 0 Å². The van der Waals surface area contributed by atoms with Crippen LogP contribution in [-0.4, -0.2) is 29.8 Å². The van der Waals surface area contributed by atoms with E-state index in [-0.39, 0.29) is 6.04 Å². The predicted octanol–water partition coefficient (Wildman–Crippen LogP) is 1.84. The highest BCUT2D eigenvalue weighted by Crippen LogP contribution is 2.33. The molecule has 1 aliphatic rings. The second-order valence-electron chi connectivity index (χ2n) is 5.06. The minimum atomic E-state index is 0.219. The number of hydrogen-bond donors (Lipinski definition) is 1. The Bertz CT molecular complexity index is 622. The third kappa shape index (κ3) is 2.25. The summed E-state index contributed by atoms with van der Waals surface area (Å²) in [5.41, 5.74) is 7.86. The molecule has 1 unspecified atom stereocenters. The first-order valence-corrected chi connectivity index (χ1v) is 6.75.